The molecule has 1 aromatic heterocycles. The van der Waals surface area contributed by atoms with Gasteiger partial charge in [-0.3, -0.25) is 0 Å². The van der Waals surface area contributed by atoms with E-state index in [-0.39, 0.29) is 11.0 Å². The molecule has 0 saturated heterocycles. The monoisotopic (exact) mass is 196 g/mol. The summed E-state index contributed by atoms with van der Waals surface area (Å²) >= 11 is 0. The Morgan fingerprint density at radius 2 is 2.14 bits per heavy atom. The predicted octanol–water partition coefficient (Wildman–Crippen LogP) is 1.98. The maximum atomic E-state index is 13.0. The van der Waals surface area contributed by atoms with Gasteiger partial charge >= 0.3 is 5.97 Å². The number of carbonyl (C=O) groups is 1. The molecule has 0 bridgehead atoms. The van der Waals surface area contributed by atoms with E-state index in [9.17, 15) is 14.3 Å². The summed E-state index contributed by atoms with van der Waals surface area (Å²) in [7, 11) is 0. The first-order valence-corrected chi connectivity index (χ1v) is 3.74. The molecule has 0 radical (unpaired) electrons. The zero-order valence-corrected chi connectivity index (χ0v) is 6.82. The number of para-hydroxylation sites is 1. The van der Waals surface area contributed by atoms with Gasteiger partial charge < -0.3 is 14.6 Å². The molecule has 0 fully saturated rings. The normalized spacial score (nSPS) is 10.6. The largest absolute Gasteiger partial charge is 0.504 e. The summed E-state index contributed by atoms with van der Waals surface area (Å²) in [5, 5.41) is 18.0. The minimum atomic E-state index is -1.43. The minimum absolute atomic E-state index is 0.0578. The molecule has 2 N–H and O–H groups in total. The van der Waals surface area contributed by atoms with Crippen LogP contribution in [-0.2, 0) is 0 Å². The van der Waals surface area contributed by atoms with Gasteiger partial charge in [-0.05, 0) is 12.1 Å². The molecule has 0 atom stereocenters. The number of carboxylic acids is 1. The van der Waals surface area contributed by atoms with Gasteiger partial charge in [-0.15, -0.1) is 0 Å². The second kappa shape index (κ2) is 2.73. The van der Waals surface area contributed by atoms with E-state index in [2.05, 4.69) is 4.42 Å². The van der Waals surface area contributed by atoms with Gasteiger partial charge in [0.25, 0.3) is 5.76 Å². The fraction of sp³-hybridized carbons (Fsp3) is 0. The van der Waals surface area contributed by atoms with Crippen LogP contribution in [0.1, 0.15) is 10.6 Å². The third kappa shape index (κ3) is 1.02. The number of aromatic carboxylic acids is 1. The number of carboxylic acid groups (broad SMARTS) is 1. The van der Waals surface area contributed by atoms with Gasteiger partial charge in [0.2, 0.25) is 0 Å². The Morgan fingerprint density at radius 3 is 2.71 bits per heavy atom. The minimum Gasteiger partial charge on any atom is -0.504 e. The van der Waals surface area contributed by atoms with Crippen LogP contribution >= 0.6 is 0 Å². The van der Waals surface area contributed by atoms with Gasteiger partial charge in [0, 0.05) is 0 Å². The summed E-state index contributed by atoms with van der Waals surface area (Å²) in [5.74, 6) is -3.33. The van der Waals surface area contributed by atoms with E-state index in [1.807, 2.05) is 0 Å². The fourth-order valence-electron chi connectivity index (χ4n) is 1.22. The van der Waals surface area contributed by atoms with Gasteiger partial charge in [-0.25, -0.2) is 9.18 Å². The van der Waals surface area contributed by atoms with Crippen LogP contribution in [0.3, 0.4) is 0 Å². The van der Waals surface area contributed by atoms with Crippen molar-refractivity contribution in [3.8, 4) is 5.75 Å². The molecule has 0 saturated carbocycles. The number of aromatic hydroxyl groups is 1. The van der Waals surface area contributed by atoms with Crippen molar-refractivity contribution < 1.29 is 23.8 Å². The highest BCUT2D eigenvalue weighted by Gasteiger charge is 2.20. The molecule has 4 nitrogen and oxygen atoms in total. The van der Waals surface area contributed by atoms with Crippen LogP contribution in [0.2, 0.25) is 0 Å². The highest BCUT2D eigenvalue weighted by Crippen LogP contribution is 2.32. The quantitative estimate of drug-likeness (QED) is 0.731. The van der Waals surface area contributed by atoms with E-state index in [1.165, 1.54) is 12.1 Å². The second-order valence-corrected chi connectivity index (χ2v) is 2.70. The molecule has 2 rings (SSSR count). The summed E-state index contributed by atoms with van der Waals surface area (Å²) in [5.41, 5.74) is -0.248. The van der Waals surface area contributed by atoms with E-state index in [4.69, 9.17) is 5.11 Å². The summed E-state index contributed by atoms with van der Waals surface area (Å²) in [4.78, 5) is 10.5. The van der Waals surface area contributed by atoms with Crippen molar-refractivity contribution in [1.82, 2.24) is 0 Å². The SMILES string of the molecule is O=C(O)c1oc2c(F)cccc2c1O. The van der Waals surface area contributed by atoms with Gasteiger partial charge in [0.1, 0.15) is 0 Å². The Kier molecular flexibility index (Phi) is 1.67. The van der Waals surface area contributed by atoms with E-state index < -0.39 is 23.3 Å². The first-order valence-electron chi connectivity index (χ1n) is 3.74. The number of halogens is 1. The maximum absolute atomic E-state index is 13.0. The molecule has 1 heterocycles. The van der Waals surface area contributed by atoms with Crippen LogP contribution in [-0.4, -0.2) is 16.2 Å². The summed E-state index contributed by atoms with van der Waals surface area (Å²) in [6.07, 6.45) is 0. The average molecular weight is 196 g/mol. The topological polar surface area (TPSA) is 70.7 Å². The molecular weight excluding hydrogens is 191 g/mol. The second-order valence-electron chi connectivity index (χ2n) is 2.70. The lowest BCUT2D eigenvalue weighted by atomic mass is 10.2. The van der Waals surface area contributed by atoms with Crippen molar-refractivity contribution in [1.29, 1.82) is 0 Å². The molecule has 5 heteroatoms. The first-order chi connectivity index (χ1) is 6.61. The van der Waals surface area contributed by atoms with Crippen molar-refractivity contribution in [3.05, 3.63) is 29.8 Å². The summed E-state index contributed by atoms with van der Waals surface area (Å²) in [6.45, 7) is 0. The Morgan fingerprint density at radius 1 is 1.43 bits per heavy atom. The molecule has 2 aromatic rings. The molecular formula is C9H5FO4. The van der Waals surface area contributed by atoms with Crippen LogP contribution in [0.4, 0.5) is 4.39 Å². The standard InChI is InChI=1S/C9H5FO4/c10-5-3-1-2-4-6(11)8(9(12)13)14-7(4)5/h1-3,11H,(H,12,13). The van der Waals surface area contributed by atoms with Crippen LogP contribution < -0.4 is 0 Å². The predicted molar refractivity (Wildman–Crippen MR) is 44.8 cm³/mol. The van der Waals surface area contributed by atoms with E-state index in [0.717, 1.165) is 6.07 Å². The summed E-state index contributed by atoms with van der Waals surface area (Å²) < 4.78 is 17.7. The number of hydrogen-bond acceptors (Lipinski definition) is 3. The lowest BCUT2D eigenvalue weighted by Gasteiger charge is -1.88. The van der Waals surface area contributed by atoms with Crippen LogP contribution in [0.5, 0.6) is 5.75 Å². The average Bonchev–Trinajstić information content (AvgIpc) is 2.46. The number of rotatable bonds is 1. The number of benzene rings is 1. The van der Waals surface area contributed by atoms with E-state index >= 15 is 0 Å². The van der Waals surface area contributed by atoms with Crippen LogP contribution in [0.25, 0.3) is 11.0 Å². The van der Waals surface area contributed by atoms with Crippen molar-refractivity contribution in [2.45, 2.75) is 0 Å². The lowest BCUT2D eigenvalue weighted by molar-refractivity contribution is 0.0660. The highest BCUT2D eigenvalue weighted by molar-refractivity contribution is 5.97. The van der Waals surface area contributed by atoms with Crippen molar-refractivity contribution in [3.63, 3.8) is 0 Å². The van der Waals surface area contributed by atoms with E-state index in [0.29, 0.717) is 0 Å². The summed E-state index contributed by atoms with van der Waals surface area (Å²) in [6, 6.07) is 3.86. The van der Waals surface area contributed by atoms with Crippen molar-refractivity contribution in [2.24, 2.45) is 0 Å². The third-order valence-corrected chi connectivity index (χ3v) is 1.84. The number of furan rings is 1. The van der Waals surface area contributed by atoms with Crippen molar-refractivity contribution in [2.75, 3.05) is 0 Å². The molecule has 1 aromatic carbocycles. The molecule has 0 aliphatic heterocycles. The molecule has 72 valence electrons. The maximum Gasteiger partial charge on any atom is 0.375 e. The lowest BCUT2D eigenvalue weighted by Crippen LogP contribution is -1.92. The Balaban J connectivity index is 2.86. The number of fused-ring (bicyclic) bond motifs is 1. The zero-order chi connectivity index (χ0) is 10.3. The molecule has 0 aliphatic carbocycles. The Hall–Kier alpha value is -2.04. The Labute approximate surface area is 77.2 Å². The molecule has 0 spiro atoms. The van der Waals surface area contributed by atoms with Gasteiger partial charge in [0.05, 0.1) is 5.39 Å². The molecule has 0 aliphatic rings. The zero-order valence-electron chi connectivity index (χ0n) is 6.82. The highest BCUT2D eigenvalue weighted by atomic mass is 19.1. The van der Waals surface area contributed by atoms with Gasteiger partial charge in [0.15, 0.2) is 17.1 Å². The van der Waals surface area contributed by atoms with Gasteiger partial charge in [-0.2, -0.15) is 0 Å². The third-order valence-electron chi connectivity index (χ3n) is 1.84. The first kappa shape index (κ1) is 8.55. The van der Waals surface area contributed by atoms with Gasteiger partial charge in [-0.1, -0.05) is 6.07 Å². The van der Waals surface area contributed by atoms with Crippen LogP contribution in [0.15, 0.2) is 22.6 Å². The molecule has 14 heavy (non-hydrogen) atoms. The van der Waals surface area contributed by atoms with Crippen LogP contribution in [0, 0.1) is 5.82 Å². The van der Waals surface area contributed by atoms with Crippen molar-refractivity contribution >= 4 is 16.9 Å². The van der Waals surface area contributed by atoms with E-state index in [1.54, 1.807) is 0 Å². The smallest absolute Gasteiger partial charge is 0.375 e. The number of hydrogen-bond donors (Lipinski definition) is 2. The fourth-order valence-corrected chi connectivity index (χ4v) is 1.22. The Bertz CT molecular complexity index is 515. The molecule has 0 unspecified atom stereocenters. The molecule has 0 amide bonds.